The van der Waals surface area contributed by atoms with Crippen LogP contribution in [0.4, 0.5) is 0 Å². The summed E-state index contributed by atoms with van der Waals surface area (Å²) in [5.74, 6) is -0.157. The van der Waals surface area contributed by atoms with Gasteiger partial charge in [0.2, 0.25) is 5.91 Å². The van der Waals surface area contributed by atoms with Crippen molar-refractivity contribution in [2.24, 2.45) is 0 Å². The Balaban J connectivity index is 4.21. The summed E-state index contributed by atoms with van der Waals surface area (Å²) in [5.41, 5.74) is 0. The number of unbranched alkanes of at least 4 members (excludes halogenated alkanes) is 18. The molecule has 3 atom stereocenters. The first-order valence-electron chi connectivity index (χ1n) is 18.6. The molecule has 45 heavy (non-hydrogen) atoms. The zero-order chi connectivity index (χ0) is 33.7. The highest BCUT2D eigenvalue weighted by atomic mass is 31.2. The summed E-state index contributed by atoms with van der Waals surface area (Å²) in [6.07, 6.45) is 29.8. The number of phosphoric acid groups is 1. The van der Waals surface area contributed by atoms with E-state index in [1.165, 1.54) is 83.5 Å². The molecule has 0 heterocycles. The standard InChI is InChI=1S/C36H73N2O6P/c1-6-8-10-12-13-14-15-16-17-18-19-20-21-22-23-24-26-28-30-36(40)37-34(35(39)29-27-25-11-9-7-2)33-44-45(41,42)43-32-31-38(3,4)5/h17-18,34-35,39H,6-16,19-33H2,1-5H3,(H-,37,40,41,42)/p+1/b18-17-. The number of allylic oxidation sites excluding steroid dienone is 2. The van der Waals surface area contributed by atoms with Gasteiger partial charge in [-0.05, 0) is 38.5 Å². The molecule has 3 N–H and O–H groups in total. The second kappa shape index (κ2) is 29.4. The van der Waals surface area contributed by atoms with E-state index < -0.39 is 20.0 Å². The lowest BCUT2D eigenvalue weighted by Crippen LogP contribution is -2.46. The highest BCUT2D eigenvalue weighted by Gasteiger charge is 2.28. The van der Waals surface area contributed by atoms with Crippen LogP contribution in [-0.4, -0.2) is 73.4 Å². The number of amides is 1. The van der Waals surface area contributed by atoms with Crippen LogP contribution in [0.15, 0.2) is 12.2 Å². The lowest BCUT2D eigenvalue weighted by Gasteiger charge is -2.26. The first kappa shape index (κ1) is 44.2. The number of nitrogens with zero attached hydrogens (tertiary/aromatic N) is 1. The summed E-state index contributed by atoms with van der Waals surface area (Å²) in [7, 11) is 1.61. The molecule has 0 saturated heterocycles. The Morgan fingerprint density at radius 3 is 1.71 bits per heavy atom. The third-order valence-corrected chi connectivity index (χ3v) is 9.25. The van der Waals surface area contributed by atoms with Gasteiger partial charge in [-0.1, -0.05) is 129 Å². The first-order chi connectivity index (χ1) is 21.5. The smallest absolute Gasteiger partial charge is 0.391 e. The van der Waals surface area contributed by atoms with Gasteiger partial charge < -0.3 is 19.8 Å². The van der Waals surface area contributed by atoms with Gasteiger partial charge in [-0.2, -0.15) is 0 Å². The van der Waals surface area contributed by atoms with Crippen LogP contribution >= 0.6 is 7.82 Å². The quantitative estimate of drug-likeness (QED) is 0.0280. The molecule has 0 spiro atoms. The molecule has 0 rings (SSSR count). The van der Waals surface area contributed by atoms with Gasteiger partial charge in [0.15, 0.2) is 0 Å². The molecule has 0 aliphatic heterocycles. The fourth-order valence-corrected chi connectivity index (χ4v) is 5.95. The Morgan fingerprint density at radius 1 is 0.733 bits per heavy atom. The van der Waals surface area contributed by atoms with E-state index in [0.717, 1.165) is 51.4 Å². The first-order valence-corrected chi connectivity index (χ1v) is 20.0. The van der Waals surface area contributed by atoms with Crippen molar-refractivity contribution in [2.45, 2.75) is 174 Å². The maximum absolute atomic E-state index is 12.7. The highest BCUT2D eigenvalue weighted by molar-refractivity contribution is 7.47. The molecule has 268 valence electrons. The van der Waals surface area contributed by atoms with Crippen molar-refractivity contribution in [2.75, 3.05) is 40.9 Å². The molecule has 0 radical (unpaired) electrons. The van der Waals surface area contributed by atoms with Gasteiger partial charge in [0.05, 0.1) is 39.9 Å². The minimum atomic E-state index is -4.29. The number of likely N-dealkylation sites (N-methyl/N-ethyl adjacent to an activating group) is 1. The molecule has 0 fully saturated rings. The maximum atomic E-state index is 12.7. The highest BCUT2D eigenvalue weighted by Crippen LogP contribution is 2.43. The third-order valence-electron chi connectivity index (χ3n) is 8.26. The van der Waals surface area contributed by atoms with Crippen LogP contribution in [0.1, 0.15) is 162 Å². The van der Waals surface area contributed by atoms with Gasteiger partial charge in [-0.3, -0.25) is 13.8 Å². The van der Waals surface area contributed by atoms with Gasteiger partial charge in [-0.15, -0.1) is 0 Å². The summed E-state index contributed by atoms with van der Waals surface area (Å²) < 4.78 is 23.3. The molecule has 0 aromatic heterocycles. The van der Waals surface area contributed by atoms with Crippen molar-refractivity contribution in [1.82, 2.24) is 5.32 Å². The van der Waals surface area contributed by atoms with E-state index in [0.29, 0.717) is 23.9 Å². The number of carbonyl (C=O) groups is 1. The minimum Gasteiger partial charge on any atom is -0.391 e. The fourth-order valence-electron chi connectivity index (χ4n) is 5.21. The van der Waals surface area contributed by atoms with Crippen LogP contribution in [-0.2, 0) is 18.4 Å². The van der Waals surface area contributed by atoms with E-state index in [1.54, 1.807) is 0 Å². The largest absolute Gasteiger partial charge is 0.472 e. The summed E-state index contributed by atoms with van der Waals surface area (Å²) >= 11 is 0. The predicted octanol–water partition coefficient (Wildman–Crippen LogP) is 9.24. The Kier molecular flexibility index (Phi) is 28.9. The van der Waals surface area contributed by atoms with Gasteiger partial charge in [0, 0.05) is 6.42 Å². The fraction of sp³-hybridized carbons (Fsp3) is 0.917. The molecule has 0 aliphatic rings. The SMILES string of the molecule is CCCCCCCCC/C=C\CCCCCCCCCC(=O)NC(COP(=O)(O)OCC[N+](C)(C)C)C(O)CCCCCCC. The molecular formula is C36H74N2O6P+. The summed E-state index contributed by atoms with van der Waals surface area (Å²) in [6.45, 7) is 4.78. The second-order valence-corrected chi connectivity index (χ2v) is 15.4. The number of carbonyl (C=O) groups excluding carboxylic acids is 1. The van der Waals surface area contributed by atoms with Crippen LogP contribution in [0.3, 0.4) is 0 Å². The van der Waals surface area contributed by atoms with Crippen LogP contribution in [0.25, 0.3) is 0 Å². The van der Waals surface area contributed by atoms with Crippen molar-refractivity contribution >= 4 is 13.7 Å². The Bertz CT molecular complexity index is 758. The van der Waals surface area contributed by atoms with E-state index in [1.807, 2.05) is 21.1 Å². The minimum absolute atomic E-state index is 0.0741. The van der Waals surface area contributed by atoms with Gasteiger partial charge in [-0.25, -0.2) is 4.57 Å². The average Bonchev–Trinajstić information content (AvgIpc) is 2.97. The molecular weight excluding hydrogens is 587 g/mol. The number of aliphatic hydroxyl groups is 1. The molecule has 3 unspecified atom stereocenters. The number of phosphoric ester groups is 1. The zero-order valence-corrected chi connectivity index (χ0v) is 31.0. The zero-order valence-electron chi connectivity index (χ0n) is 30.1. The average molecular weight is 662 g/mol. The molecule has 0 aromatic carbocycles. The van der Waals surface area contributed by atoms with E-state index >= 15 is 0 Å². The third kappa shape index (κ3) is 31.6. The molecule has 0 bridgehead atoms. The monoisotopic (exact) mass is 662 g/mol. The Hall–Kier alpha value is -0.760. The van der Waals surface area contributed by atoms with Crippen molar-refractivity contribution in [3.63, 3.8) is 0 Å². The number of hydrogen-bond donors (Lipinski definition) is 3. The molecule has 0 aliphatic carbocycles. The number of aliphatic hydroxyl groups excluding tert-OH is 1. The van der Waals surface area contributed by atoms with Crippen LogP contribution in [0.5, 0.6) is 0 Å². The number of nitrogens with one attached hydrogen (secondary N) is 1. The van der Waals surface area contributed by atoms with E-state index in [9.17, 15) is 19.4 Å². The Morgan fingerprint density at radius 2 is 1.20 bits per heavy atom. The molecule has 8 nitrogen and oxygen atoms in total. The van der Waals surface area contributed by atoms with E-state index in [-0.39, 0.29) is 19.1 Å². The number of hydrogen-bond acceptors (Lipinski definition) is 5. The van der Waals surface area contributed by atoms with Gasteiger partial charge >= 0.3 is 7.82 Å². The van der Waals surface area contributed by atoms with Gasteiger partial charge in [0.25, 0.3) is 0 Å². The Labute approximate surface area is 278 Å². The number of quaternary nitrogens is 1. The topological polar surface area (TPSA) is 105 Å². The van der Waals surface area contributed by atoms with Crippen LogP contribution in [0.2, 0.25) is 0 Å². The van der Waals surface area contributed by atoms with Crippen molar-refractivity contribution < 1.29 is 32.9 Å². The summed E-state index contributed by atoms with van der Waals surface area (Å²) in [6, 6.07) is -0.754. The molecule has 0 saturated carbocycles. The molecule has 1 amide bonds. The second-order valence-electron chi connectivity index (χ2n) is 14.0. The molecule has 9 heteroatoms. The van der Waals surface area contributed by atoms with E-state index in [4.69, 9.17) is 9.05 Å². The van der Waals surface area contributed by atoms with Gasteiger partial charge in [0.1, 0.15) is 13.2 Å². The summed E-state index contributed by atoms with van der Waals surface area (Å²) in [5, 5.41) is 13.7. The van der Waals surface area contributed by atoms with E-state index in [2.05, 4.69) is 31.3 Å². The number of rotatable bonds is 33. The van der Waals surface area contributed by atoms with Crippen molar-refractivity contribution in [3.05, 3.63) is 12.2 Å². The van der Waals surface area contributed by atoms with Crippen LogP contribution < -0.4 is 5.32 Å². The normalized spacial score (nSPS) is 14.9. The maximum Gasteiger partial charge on any atom is 0.472 e. The van der Waals surface area contributed by atoms with Crippen molar-refractivity contribution in [3.8, 4) is 0 Å². The van der Waals surface area contributed by atoms with Crippen molar-refractivity contribution in [1.29, 1.82) is 0 Å². The lowest BCUT2D eigenvalue weighted by molar-refractivity contribution is -0.870. The predicted molar refractivity (Wildman–Crippen MR) is 189 cm³/mol. The summed E-state index contributed by atoms with van der Waals surface area (Å²) in [4.78, 5) is 22.8. The van der Waals surface area contributed by atoms with Crippen LogP contribution in [0, 0.1) is 0 Å². The molecule has 0 aromatic rings. The lowest BCUT2D eigenvalue weighted by atomic mass is 10.0.